The minimum Gasteiger partial charge on any atom is -0.277 e. The standard InChI is InChI=1S/C18H14N4O7/c23-15-18(16(24)20-17(25)19-15,9-11-3-1-5-13(7-11)21(26)27)10-12-4-2-6-14(8-12)22(28)29/h1-8H,9-10H2,(H2,19,20,23,24,25). The highest BCUT2D eigenvalue weighted by Gasteiger charge is 2.50. The average Bonchev–Trinajstić information content (AvgIpc) is 2.66. The monoisotopic (exact) mass is 398 g/mol. The Bertz CT molecular complexity index is 969. The molecule has 0 radical (unpaired) electrons. The molecule has 0 aliphatic carbocycles. The van der Waals surface area contributed by atoms with Crippen LogP contribution in [-0.2, 0) is 22.4 Å². The quantitative estimate of drug-likeness (QED) is 0.424. The van der Waals surface area contributed by atoms with Crippen molar-refractivity contribution in [1.82, 2.24) is 10.6 Å². The van der Waals surface area contributed by atoms with Crippen molar-refractivity contribution >= 4 is 29.2 Å². The summed E-state index contributed by atoms with van der Waals surface area (Å²) in [5.74, 6) is -1.77. The predicted molar refractivity (Wildman–Crippen MR) is 97.7 cm³/mol. The molecule has 2 N–H and O–H groups in total. The van der Waals surface area contributed by atoms with Crippen LogP contribution in [0, 0.1) is 25.6 Å². The van der Waals surface area contributed by atoms with Crippen molar-refractivity contribution in [2.24, 2.45) is 5.41 Å². The summed E-state index contributed by atoms with van der Waals surface area (Å²) in [4.78, 5) is 57.8. The van der Waals surface area contributed by atoms with E-state index in [9.17, 15) is 34.6 Å². The lowest BCUT2D eigenvalue weighted by Gasteiger charge is -2.34. The van der Waals surface area contributed by atoms with Crippen LogP contribution in [0.25, 0.3) is 0 Å². The zero-order chi connectivity index (χ0) is 21.2. The Labute approximate surface area is 163 Å². The van der Waals surface area contributed by atoms with Crippen molar-refractivity contribution < 1.29 is 24.2 Å². The van der Waals surface area contributed by atoms with Crippen LogP contribution in [0.15, 0.2) is 48.5 Å². The van der Waals surface area contributed by atoms with Crippen LogP contribution in [0.4, 0.5) is 16.2 Å². The van der Waals surface area contributed by atoms with Crippen molar-refractivity contribution in [3.63, 3.8) is 0 Å². The maximum absolute atomic E-state index is 12.7. The number of amides is 4. The first-order valence-corrected chi connectivity index (χ1v) is 8.35. The number of rotatable bonds is 6. The molecule has 1 fully saturated rings. The highest BCUT2D eigenvalue weighted by Crippen LogP contribution is 2.32. The minimum absolute atomic E-state index is 0.222. The zero-order valence-corrected chi connectivity index (χ0v) is 14.8. The summed E-state index contributed by atoms with van der Waals surface area (Å²) in [7, 11) is 0. The number of carbonyl (C=O) groups is 3. The molecule has 1 aliphatic heterocycles. The third-order valence-electron chi connectivity index (χ3n) is 4.58. The van der Waals surface area contributed by atoms with Gasteiger partial charge in [-0.1, -0.05) is 24.3 Å². The molecule has 11 heteroatoms. The van der Waals surface area contributed by atoms with Gasteiger partial charge in [0, 0.05) is 24.3 Å². The molecular formula is C18H14N4O7. The van der Waals surface area contributed by atoms with Gasteiger partial charge in [-0.05, 0) is 24.0 Å². The Kier molecular flexibility index (Phi) is 5.05. The van der Waals surface area contributed by atoms with E-state index in [-0.39, 0.29) is 24.2 Å². The smallest absolute Gasteiger partial charge is 0.277 e. The van der Waals surface area contributed by atoms with Crippen LogP contribution in [0.1, 0.15) is 11.1 Å². The fourth-order valence-corrected chi connectivity index (χ4v) is 3.22. The SMILES string of the molecule is O=C1NC(=O)C(Cc2cccc([N+](=O)[O-])c2)(Cc2cccc([N+](=O)[O-])c2)C(=O)N1. The maximum atomic E-state index is 12.7. The average molecular weight is 398 g/mol. The first-order chi connectivity index (χ1) is 13.7. The van der Waals surface area contributed by atoms with Gasteiger partial charge in [0.1, 0.15) is 5.41 Å². The van der Waals surface area contributed by atoms with Crippen LogP contribution in [0.2, 0.25) is 0 Å². The first-order valence-electron chi connectivity index (χ1n) is 8.35. The maximum Gasteiger partial charge on any atom is 0.328 e. The van der Waals surface area contributed by atoms with Gasteiger partial charge in [0.05, 0.1) is 9.85 Å². The van der Waals surface area contributed by atoms with E-state index in [2.05, 4.69) is 0 Å². The molecule has 0 aromatic heterocycles. The molecule has 3 rings (SSSR count). The number of nitrogens with one attached hydrogen (secondary N) is 2. The molecule has 0 spiro atoms. The van der Waals surface area contributed by atoms with E-state index < -0.39 is 33.1 Å². The number of hydrogen-bond donors (Lipinski definition) is 2. The third-order valence-corrected chi connectivity index (χ3v) is 4.58. The van der Waals surface area contributed by atoms with E-state index in [1.807, 2.05) is 10.6 Å². The Hall–Kier alpha value is -4.15. The van der Waals surface area contributed by atoms with Crippen LogP contribution >= 0.6 is 0 Å². The number of hydrogen-bond acceptors (Lipinski definition) is 7. The normalized spacial score (nSPS) is 15.4. The van der Waals surface area contributed by atoms with Crippen LogP contribution in [0.5, 0.6) is 0 Å². The molecule has 148 valence electrons. The van der Waals surface area contributed by atoms with E-state index in [1.54, 1.807) is 0 Å². The van der Waals surface area contributed by atoms with Gasteiger partial charge in [0.15, 0.2) is 0 Å². The lowest BCUT2D eigenvalue weighted by atomic mass is 9.74. The highest BCUT2D eigenvalue weighted by atomic mass is 16.6. The number of imide groups is 2. The molecule has 11 nitrogen and oxygen atoms in total. The Morgan fingerprint density at radius 2 is 1.17 bits per heavy atom. The van der Waals surface area contributed by atoms with Gasteiger partial charge < -0.3 is 0 Å². The van der Waals surface area contributed by atoms with Gasteiger partial charge in [-0.15, -0.1) is 0 Å². The second-order valence-electron chi connectivity index (χ2n) is 6.53. The summed E-state index contributed by atoms with van der Waals surface area (Å²) in [6.07, 6.45) is -0.495. The second-order valence-corrected chi connectivity index (χ2v) is 6.53. The summed E-state index contributed by atoms with van der Waals surface area (Å²) in [6.45, 7) is 0. The Morgan fingerprint density at radius 1 is 0.759 bits per heavy atom. The number of nitro groups is 2. The molecule has 0 saturated carbocycles. The molecule has 2 aromatic rings. The number of barbiturate groups is 1. The van der Waals surface area contributed by atoms with Gasteiger partial charge >= 0.3 is 6.03 Å². The number of urea groups is 1. The lowest BCUT2D eigenvalue weighted by Crippen LogP contribution is -2.64. The van der Waals surface area contributed by atoms with Crippen LogP contribution in [-0.4, -0.2) is 27.7 Å². The molecule has 4 amide bonds. The number of nitro benzene ring substituents is 2. The molecular weight excluding hydrogens is 384 g/mol. The predicted octanol–water partition coefficient (Wildman–Crippen LogP) is 1.64. The largest absolute Gasteiger partial charge is 0.328 e. The van der Waals surface area contributed by atoms with Crippen molar-refractivity contribution in [2.45, 2.75) is 12.8 Å². The summed E-state index contributed by atoms with van der Waals surface area (Å²) < 4.78 is 0. The molecule has 1 saturated heterocycles. The summed E-state index contributed by atoms with van der Waals surface area (Å²) in [5, 5.41) is 26.1. The number of non-ortho nitro benzene ring substituents is 2. The van der Waals surface area contributed by atoms with Gasteiger partial charge in [0.25, 0.3) is 11.4 Å². The number of nitrogens with zero attached hydrogens (tertiary/aromatic N) is 2. The van der Waals surface area contributed by atoms with Crippen LogP contribution in [0.3, 0.4) is 0 Å². The molecule has 29 heavy (non-hydrogen) atoms. The van der Waals surface area contributed by atoms with Crippen molar-refractivity contribution in [3.8, 4) is 0 Å². The summed E-state index contributed by atoms with van der Waals surface area (Å²) in [6, 6.07) is 9.87. The fourth-order valence-electron chi connectivity index (χ4n) is 3.22. The molecule has 0 unspecified atom stereocenters. The van der Waals surface area contributed by atoms with E-state index >= 15 is 0 Å². The van der Waals surface area contributed by atoms with Crippen molar-refractivity contribution in [3.05, 3.63) is 79.9 Å². The molecule has 2 aromatic carbocycles. The molecule has 1 heterocycles. The third kappa shape index (κ3) is 3.93. The van der Waals surface area contributed by atoms with E-state index in [0.717, 1.165) is 0 Å². The van der Waals surface area contributed by atoms with Crippen molar-refractivity contribution in [1.29, 1.82) is 0 Å². The molecule has 0 atom stereocenters. The zero-order valence-electron chi connectivity index (χ0n) is 14.8. The Balaban J connectivity index is 2.04. The summed E-state index contributed by atoms with van der Waals surface area (Å²) >= 11 is 0. The molecule has 0 bridgehead atoms. The van der Waals surface area contributed by atoms with Gasteiger partial charge in [-0.25, -0.2) is 4.79 Å². The van der Waals surface area contributed by atoms with Gasteiger partial charge in [-0.2, -0.15) is 0 Å². The van der Waals surface area contributed by atoms with Crippen LogP contribution < -0.4 is 10.6 Å². The molecule has 1 aliphatic rings. The lowest BCUT2D eigenvalue weighted by molar-refractivity contribution is -0.385. The van der Waals surface area contributed by atoms with Gasteiger partial charge in [0.2, 0.25) is 11.8 Å². The van der Waals surface area contributed by atoms with Gasteiger partial charge in [-0.3, -0.25) is 40.5 Å². The van der Waals surface area contributed by atoms with Crippen molar-refractivity contribution in [2.75, 3.05) is 0 Å². The number of carbonyl (C=O) groups excluding carboxylic acids is 3. The van der Waals surface area contributed by atoms with E-state index in [1.165, 1.54) is 48.5 Å². The highest BCUT2D eigenvalue weighted by molar-refractivity contribution is 6.19. The topological polar surface area (TPSA) is 162 Å². The first kappa shape index (κ1) is 19.6. The van der Waals surface area contributed by atoms with E-state index in [4.69, 9.17) is 0 Å². The fraction of sp³-hybridized carbons (Fsp3) is 0.167. The second kappa shape index (κ2) is 7.46. The Morgan fingerprint density at radius 3 is 1.55 bits per heavy atom. The minimum atomic E-state index is -1.82. The number of benzene rings is 2. The van der Waals surface area contributed by atoms with E-state index in [0.29, 0.717) is 11.1 Å². The summed E-state index contributed by atoms with van der Waals surface area (Å²) in [5.41, 5.74) is -1.62.